The van der Waals surface area contributed by atoms with Crippen molar-refractivity contribution < 1.29 is 0 Å². The van der Waals surface area contributed by atoms with Gasteiger partial charge in [0.1, 0.15) is 5.84 Å². The molecule has 0 spiro atoms. The second kappa shape index (κ2) is 6.82. The molecule has 0 aromatic heterocycles. The number of rotatable bonds is 7. The zero-order chi connectivity index (χ0) is 11.1. The molecule has 0 amide bonds. The Morgan fingerprint density at radius 1 is 1.29 bits per heavy atom. The molecule has 0 aliphatic carbocycles. The third-order valence-electron chi connectivity index (χ3n) is 3.05. The third-order valence-corrected chi connectivity index (χ3v) is 3.05. The lowest BCUT2D eigenvalue weighted by molar-refractivity contribution is 0.215. The van der Waals surface area contributed by atoms with Crippen LogP contribution in [-0.2, 0) is 0 Å². The maximum atomic E-state index is 7.43. The van der Waals surface area contributed by atoms with Gasteiger partial charge in [0.25, 0.3) is 0 Å². The maximum absolute atomic E-state index is 7.43. The van der Waals surface area contributed by atoms with E-state index in [1.807, 2.05) is 6.92 Å². The molecule has 0 saturated carbocycles. The summed E-state index contributed by atoms with van der Waals surface area (Å²) < 4.78 is 0. The van der Waals surface area contributed by atoms with Gasteiger partial charge in [-0.15, -0.1) is 0 Å². The molecule has 1 unspecified atom stereocenters. The molecular formula is C11H25N3. The summed E-state index contributed by atoms with van der Waals surface area (Å²) in [7, 11) is 0. The van der Waals surface area contributed by atoms with Crippen molar-refractivity contribution in [2.45, 2.75) is 46.6 Å². The Labute approximate surface area is 88.2 Å². The van der Waals surface area contributed by atoms with Gasteiger partial charge >= 0.3 is 0 Å². The monoisotopic (exact) mass is 199 g/mol. The van der Waals surface area contributed by atoms with Crippen LogP contribution in [0.5, 0.6) is 0 Å². The van der Waals surface area contributed by atoms with Crippen LogP contribution in [-0.4, -0.2) is 29.9 Å². The highest BCUT2D eigenvalue weighted by molar-refractivity contribution is 5.82. The normalized spacial score (nSPS) is 13.6. The molecule has 3 N–H and O–H groups in total. The third kappa shape index (κ3) is 4.09. The Kier molecular flexibility index (Phi) is 6.54. The van der Waals surface area contributed by atoms with Crippen LogP contribution in [0.2, 0.25) is 0 Å². The van der Waals surface area contributed by atoms with E-state index in [0.717, 1.165) is 19.0 Å². The van der Waals surface area contributed by atoms with Gasteiger partial charge in [-0.05, 0) is 19.4 Å². The van der Waals surface area contributed by atoms with E-state index in [2.05, 4.69) is 25.7 Å². The first-order valence-electron chi connectivity index (χ1n) is 5.64. The van der Waals surface area contributed by atoms with E-state index in [1.54, 1.807) is 0 Å². The Balaban J connectivity index is 4.19. The summed E-state index contributed by atoms with van der Waals surface area (Å²) in [6.45, 7) is 10.6. The van der Waals surface area contributed by atoms with Crippen molar-refractivity contribution in [3.63, 3.8) is 0 Å². The van der Waals surface area contributed by atoms with Crippen molar-refractivity contribution in [2.75, 3.05) is 13.1 Å². The van der Waals surface area contributed by atoms with Crippen molar-refractivity contribution in [3.05, 3.63) is 0 Å². The maximum Gasteiger partial charge on any atom is 0.108 e. The van der Waals surface area contributed by atoms with Crippen molar-refractivity contribution in [2.24, 2.45) is 11.7 Å². The summed E-state index contributed by atoms with van der Waals surface area (Å²) >= 11 is 0. The minimum absolute atomic E-state index is 0.0839. The summed E-state index contributed by atoms with van der Waals surface area (Å²) in [5, 5.41) is 7.43. The Morgan fingerprint density at radius 2 is 1.79 bits per heavy atom. The van der Waals surface area contributed by atoms with E-state index in [9.17, 15) is 0 Å². The topological polar surface area (TPSA) is 53.1 Å². The highest BCUT2D eigenvalue weighted by Crippen LogP contribution is 2.11. The molecule has 0 saturated heterocycles. The quantitative estimate of drug-likeness (QED) is 0.487. The summed E-state index contributed by atoms with van der Waals surface area (Å²) in [6, 6.07) is 0.0839. The molecule has 0 aliphatic heterocycles. The van der Waals surface area contributed by atoms with Gasteiger partial charge in [0.05, 0.1) is 6.04 Å². The van der Waals surface area contributed by atoms with Crippen LogP contribution < -0.4 is 5.73 Å². The lowest BCUT2D eigenvalue weighted by Crippen LogP contribution is -2.44. The van der Waals surface area contributed by atoms with Crippen LogP contribution in [0.3, 0.4) is 0 Å². The van der Waals surface area contributed by atoms with E-state index in [-0.39, 0.29) is 11.9 Å². The highest BCUT2D eigenvalue weighted by Gasteiger charge is 2.17. The summed E-state index contributed by atoms with van der Waals surface area (Å²) in [5.41, 5.74) is 5.51. The highest BCUT2D eigenvalue weighted by atomic mass is 15.2. The standard InChI is InChI=1S/C11H25N3/c1-5-10(6-2)8-14(7-3)9(4)11(12)13/h9-10H,5-8H2,1-4H3,(H3,12,13). The predicted octanol–water partition coefficient (Wildman–Crippen LogP) is 2.07. The molecule has 0 radical (unpaired) electrons. The largest absolute Gasteiger partial charge is 0.386 e. The van der Waals surface area contributed by atoms with Crippen LogP contribution in [0.15, 0.2) is 0 Å². The number of nitrogens with two attached hydrogens (primary N) is 1. The minimum atomic E-state index is 0.0839. The van der Waals surface area contributed by atoms with Crippen molar-refractivity contribution in [1.29, 1.82) is 5.41 Å². The van der Waals surface area contributed by atoms with Gasteiger partial charge in [-0.25, -0.2) is 0 Å². The number of likely N-dealkylation sites (N-methyl/N-ethyl adjacent to an activating group) is 1. The van der Waals surface area contributed by atoms with Crippen LogP contribution in [0.1, 0.15) is 40.5 Å². The molecule has 0 aromatic rings. The fraction of sp³-hybridized carbons (Fsp3) is 0.909. The summed E-state index contributed by atoms with van der Waals surface area (Å²) in [4.78, 5) is 2.28. The van der Waals surface area contributed by atoms with E-state index in [4.69, 9.17) is 11.1 Å². The average Bonchev–Trinajstić information content (AvgIpc) is 2.19. The Hall–Kier alpha value is -0.570. The van der Waals surface area contributed by atoms with Crippen LogP contribution >= 0.6 is 0 Å². The van der Waals surface area contributed by atoms with E-state index < -0.39 is 0 Å². The molecule has 3 nitrogen and oxygen atoms in total. The first-order chi connectivity index (χ1) is 6.56. The van der Waals surface area contributed by atoms with Crippen molar-refractivity contribution >= 4 is 5.84 Å². The van der Waals surface area contributed by atoms with Crippen LogP contribution in [0.4, 0.5) is 0 Å². The van der Waals surface area contributed by atoms with Gasteiger partial charge in [0.2, 0.25) is 0 Å². The zero-order valence-corrected chi connectivity index (χ0v) is 10.0. The number of nitrogens with one attached hydrogen (secondary N) is 1. The molecule has 0 aromatic carbocycles. The molecule has 0 aliphatic rings. The molecule has 1 atom stereocenters. The van der Waals surface area contributed by atoms with Crippen molar-refractivity contribution in [3.8, 4) is 0 Å². The molecule has 84 valence electrons. The SMILES string of the molecule is CCC(CC)CN(CC)C(C)C(=N)N. The van der Waals surface area contributed by atoms with Gasteiger partial charge < -0.3 is 5.73 Å². The minimum Gasteiger partial charge on any atom is -0.386 e. The number of amidine groups is 1. The predicted molar refractivity (Wildman–Crippen MR) is 62.7 cm³/mol. The Bertz CT molecular complexity index is 164. The molecule has 0 rings (SSSR count). The van der Waals surface area contributed by atoms with Crippen molar-refractivity contribution in [1.82, 2.24) is 4.90 Å². The lowest BCUT2D eigenvalue weighted by Gasteiger charge is -2.30. The fourth-order valence-corrected chi connectivity index (χ4v) is 1.64. The first kappa shape index (κ1) is 13.4. The molecular weight excluding hydrogens is 174 g/mol. The number of hydrogen-bond acceptors (Lipinski definition) is 2. The Morgan fingerprint density at radius 3 is 2.07 bits per heavy atom. The summed E-state index contributed by atoms with van der Waals surface area (Å²) in [5.74, 6) is 1.01. The zero-order valence-electron chi connectivity index (χ0n) is 10.0. The molecule has 3 heteroatoms. The first-order valence-corrected chi connectivity index (χ1v) is 5.64. The van der Waals surface area contributed by atoms with Gasteiger partial charge in [-0.1, -0.05) is 33.6 Å². The molecule has 0 bridgehead atoms. The van der Waals surface area contributed by atoms with E-state index >= 15 is 0 Å². The number of nitrogens with zero attached hydrogens (tertiary/aromatic N) is 1. The van der Waals surface area contributed by atoms with E-state index in [1.165, 1.54) is 12.8 Å². The molecule has 0 fully saturated rings. The van der Waals surface area contributed by atoms with Gasteiger partial charge in [0, 0.05) is 6.54 Å². The lowest BCUT2D eigenvalue weighted by atomic mass is 10.0. The summed E-state index contributed by atoms with van der Waals surface area (Å²) in [6.07, 6.45) is 2.41. The van der Waals surface area contributed by atoms with Crippen LogP contribution in [0, 0.1) is 11.3 Å². The smallest absolute Gasteiger partial charge is 0.108 e. The molecule has 0 heterocycles. The molecule has 14 heavy (non-hydrogen) atoms. The van der Waals surface area contributed by atoms with Crippen LogP contribution in [0.25, 0.3) is 0 Å². The van der Waals surface area contributed by atoms with Gasteiger partial charge in [0.15, 0.2) is 0 Å². The van der Waals surface area contributed by atoms with Gasteiger partial charge in [-0.2, -0.15) is 0 Å². The fourth-order valence-electron chi connectivity index (χ4n) is 1.64. The second-order valence-electron chi connectivity index (χ2n) is 3.90. The second-order valence-corrected chi connectivity index (χ2v) is 3.90. The number of hydrogen-bond donors (Lipinski definition) is 2. The average molecular weight is 199 g/mol. The van der Waals surface area contributed by atoms with E-state index in [0.29, 0.717) is 0 Å². The van der Waals surface area contributed by atoms with Gasteiger partial charge in [-0.3, -0.25) is 10.3 Å².